The van der Waals surface area contributed by atoms with Gasteiger partial charge >= 0.3 is 5.97 Å². The van der Waals surface area contributed by atoms with E-state index < -0.39 is 11.5 Å². The number of benzene rings is 4. The van der Waals surface area contributed by atoms with Gasteiger partial charge in [0.1, 0.15) is 5.54 Å². The molecule has 0 radical (unpaired) electrons. The molecule has 0 unspecified atom stereocenters. The van der Waals surface area contributed by atoms with Crippen LogP contribution in [0.1, 0.15) is 39.9 Å². The zero-order valence-corrected chi connectivity index (χ0v) is 22.3. The van der Waals surface area contributed by atoms with Gasteiger partial charge in [-0.05, 0) is 46.4 Å². The van der Waals surface area contributed by atoms with Gasteiger partial charge in [-0.2, -0.15) is 0 Å². The maximum atomic E-state index is 11.1. The van der Waals surface area contributed by atoms with Crippen molar-refractivity contribution in [3.8, 4) is 0 Å². The molecule has 5 rings (SSSR count). The third-order valence-corrected chi connectivity index (χ3v) is 7.23. The maximum absolute atomic E-state index is 11.1. The van der Waals surface area contributed by atoms with Crippen LogP contribution in [0.15, 0.2) is 122 Å². The molecule has 0 atom stereocenters. The number of nitrogens with one attached hydrogen (secondary N) is 1. The molecule has 1 aromatic heterocycles. The lowest BCUT2D eigenvalue weighted by Crippen LogP contribution is -2.37. The van der Waals surface area contributed by atoms with Gasteiger partial charge in [-0.3, -0.25) is 4.79 Å². The molecule has 0 spiro atoms. The van der Waals surface area contributed by atoms with Gasteiger partial charge in [0.25, 0.3) is 0 Å². The predicted octanol–water partition coefficient (Wildman–Crippen LogP) is 6.68. The highest BCUT2D eigenvalue weighted by Gasteiger charge is 2.38. The Hall–Kier alpha value is -4.19. The second-order valence-electron chi connectivity index (χ2n) is 9.49. The first kappa shape index (κ1) is 26.4. The first-order valence-corrected chi connectivity index (χ1v) is 13.3. The zero-order chi connectivity index (χ0) is 27.1. The molecular formula is C33H30ClN3O2. The van der Waals surface area contributed by atoms with Gasteiger partial charge in [0, 0.05) is 30.7 Å². The van der Waals surface area contributed by atoms with Crippen molar-refractivity contribution < 1.29 is 9.90 Å². The Morgan fingerprint density at radius 2 is 1.36 bits per heavy atom. The number of aromatic nitrogens is 2. The lowest BCUT2D eigenvalue weighted by Gasteiger charge is -2.37. The minimum absolute atomic E-state index is 0.0677. The quantitative estimate of drug-likeness (QED) is 0.185. The minimum Gasteiger partial charge on any atom is -0.481 e. The van der Waals surface area contributed by atoms with E-state index in [-0.39, 0.29) is 6.42 Å². The summed E-state index contributed by atoms with van der Waals surface area (Å²) >= 11 is 6.18. The van der Waals surface area contributed by atoms with E-state index in [2.05, 4.69) is 88.9 Å². The number of carbonyl (C=O) groups is 1. The second-order valence-corrected chi connectivity index (χ2v) is 9.93. The van der Waals surface area contributed by atoms with Gasteiger partial charge in [0.05, 0.1) is 12.0 Å². The number of rotatable bonds is 11. The van der Waals surface area contributed by atoms with Crippen LogP contribution in [0.2, 0.25) is 5.02 Å². The molecule has 0 saturated heterocycles. The number of carboxylic acids is 1. The fourth-order valence-corrected chi connectivity index (χ4v) is 5.38. The number of carboxylic acid groups (broad SMARTS) is 1. The first-order chi connectivity index (χ1) is 19.1. The highest BCUT2D eigenvalue weighted by Crippen LogP contribution is 2.40. The van der Waals surface area contributed by atoms with Crippen LogP contribution in [0.25, 0.3) is 0 Å². The van der Waals surface area contributed by atoms with Crippen LogP contribution < -0.4 is 5.32 Å². The molecule has 0 amide bonds. The maximum Gasteiger partial charge on any atom is 0.303 e. The summed E-state index contributed by atoms with van der Waals surface area (Å²) in [4.78, 5) is 15.9. The molecule has 5 nitrogen and oxygen atoms in total. The van der Waals surface area contributed by atoms with Crippen molar-refractivity contribution in [2.75, 3.05) is 0 Å². The molecule has 196 valence electrons. The Labute approximate surface area is 233 Å². The molecule has 2 N–H and O–H groups in total. The van der Waals surface area contributed by atoms with E-state index in [4.69, 9.17) is 21.7 Å². The largest absolute Gasteiger partial charge is 0.481 e. The standard InChI is InChI=1S/C33H30ClN3O2/c34-30-18-16-26(25(20-30)17-19-32(38)39)21-35-22-31-23-37(24-36-31)33(27-10-4-1-5-11-27,28-12-6-2-7-13-28)29-14-8-3-9-15-29/h1-16,18,20,23-24,35H,17,19,21-22H2,(H,38,39). The van der Waals surface area contributed by atoms with Gasteiger partial charge in [0.15, 0.2) is 0 Å². The number of halogens is 1. The van der Waals surface area contributed by atoms with Crippen LogP contribution in [-0.2, 0) is 29.8 Å². The number of hydrogen-bond donors (Lipinski definition) is 2. The second kappa shape index (κ2) is 12.1. The summed E-state index contributed by atoms with van der Waals surface area (Å²) in [5.41, 5.74) is 5.71. The number of hydrogen-bond acceptors (Lipinski definition) is 3. The SMILES string of the molecule is O=C(O)CCc1cc(Cl)ccc1CNCc1cn(C(c2ccccc2)(c2ccccc2)c2ccccc2)cn1. The summed E-state index contributed by atoms with van der Waals surface area (Å²) < 4.78 is 2.20. The summed E-state index contributed by atoms with van der Waals surface area (Å²) in [6.07, 6.45) is 4.52. The van der Waals surface area contributed by atoms with Gasteiger partial charge in [-0.25, -0.2) is 4.98 Å². The number of imidazole rings is 1. The van der Waals surface area contributed by atoms with Gasteiger partial charge < -0.3 is 15.0 Å². The Bertz CT molecular complexity index is 1420. The predicted molar refractivity (Wildman–Crippen MR) is 155 cm³/mol. The molecule has 39 heavy (non-hydrogen) atoms. The molecule has 0 fully saturated rings. The summed E-state index contributed by atoms with van der Waals surface area (Å²) in [5.74, 6) is -0.821. The van der Waals surface area contributed by atoms with Crippen LogP contribution in [0, 0.1) is 0 Å². The van der Waals surface area contributed by atoms with E-state index in [9.17, 15) is 4.79 Å². The molecule has 0 aliphatic heterocycles. The van der Waals surface area contributed by atoms with E-state index >= 15 is 0 Å². The lowest BCUT2D eigenvalue weighted by molar-refractivity contribution is -0.136. The monoisotopic (exact) mass is 535 g/mol. The van der Waals surface area contributed by atoms with E-state index in [1.54, 1.807) is 0 Å². The smallest absolute Gasteiger partial charge is 0.303 e. The van der Waals surface area contributed by atoms with Crippen molar-refractivity contribution in [1.82, 2.24) is 14.9 Å². The molecule has 5 aromatic rings. The van der Waals surface area contributed by atoms with E-state index in [0.717, 1.165) is 33.5 Å². The third kappa shape index (κ3) is 5.80. The fraction of sp³-hybridized carbons (Fsp3) is 0.152. The van der Waals surface area contributed by atoms with Gasteiger partial charge in [-0.1, -0.05) is 109 Å². The van der Waals surface area contributed by atoms with Crippen molar-refractivity contribution in [2.24, 2.45) is 0 Å². The van der Waals surface area contributed by atoms with Crippen molar-refractivity contribution >= 4 is 17.6 Å². The molecule has 0 aliphatic carbocycles. The highest BCUT2D eigenvalue weighted by atomic mass is 35.5. The van der Waals surface area contributed by atoms with Crippen LogP contribution >= 0.6 is 11.6 Å². The fourth-order valence-electron chi connectivity index (χ4n) is 5.19. The summed E-state index contributed by atoms with van der Waals surface area (Å²) in [5, 5.41) is 13.2. The number of aryl methyl sites for hydroxylation is 1. The van der Waals surface area contributed by atoms with Crippen molar-refractivity contribution in [3.05, 3.63) is 160 Å². The van der Waals surface area contributed by atoms with Gasteiger partial charge in [0.2, 0.25) is 0 Å². The topological polar surface area (TPSA) is 67.2 Å². The van der Waals surface area contributed by atoms with Crippen LogP contribution in [0.5, 0.6) is 0 Å². The molecule has 1 heterocycles. The highest BCUT2D eigenvalue weighted by molar-refractivity contribution is 6.30. The molecular weight excluding hydrogens is 506 g/mol. The molecule has 6 heteroatoms. The lowest BCUT2D eigenvalue weighted by atomic mass is 9.77. The Balaban J connectivity index is 1.46. The molecule has 4 aromatic carbocycles. The Kier molecular flexibility index (Phi) is 8.21. The molecule has 0 saturated carbocycles. The van der Waals surface area contributed by atoms with E-state index in [1.807, 2.05) is 42.7 Å². The average Bonchev–Trinajstić information content (AvgIpc) is 3.44. The molecule has 0 bridgehead atoms. The number of aliphatic carboxylic acids is 1. The summed E-state index contributed by atoms with van der Waals surface area (Å²) in [6.45, 7) is 1.14. The van der Waals surface area contributed by atoms with Crippen LogP contribution in [0.4, 0.5) is 0 Å². The normalized spacial score (nSPS) is 11.4. The van der Waals surface area contributed by atoms with Gasteiger partial charge in [-0.15, -0.1) is 0 Å². The zero-order valence-electron chi connectivity index (χ0n) is 21.5. The van der Waals surface area contributed by atoms with Crippen molar-refractivity contribution in [1.29, 1.82) is 0 Å². The first-order valence-electron chi connectivity index (χ1n) is 13.0. The van der Waals surface area contributed by atoms with Crippen molar-refractivity contribution in [2.45, 2.75) is 31.5 Å². The van der Waals surface area contributed by atoms with Crippen molar-refractivity contribution in [3.63, 3.8) is 0 Å². The minimum atomic E-state index is -0.821. The average molecular weight is 536 g/mol. The Morgan fingerprint density at radius 1 is 0.795 bits per heavy atom. The third-order valence-electron chi connectivity index (χ3n) is 7.00. The summed E-state index contributed by atoms with van der Waals surface area (Å²) in [7, 11) is 0. The van der Waals surface area contributed by atoms with E-state index in [0.29, 0.717) is 24.5 Å². The Morgan fingerprint density at radius 3 is 1.90 bits per heavy atom. The van der Waals surface area contributed by atoms with E-state index in [1.165, 1.54) is 0 Å². The molecule has 0 aliphatic rings. The van der Waals surface area contributed by atoms with Crippen LogP contribution in [-0.4, -0.2) is 20.6 Å². The number of nitrogens with zero attached hydrogens (tertiary/aromatic N) is 2. The van der Waals surface area contributed by atoms with Crippen LogP contribution in [0.3, 0.4) is 0 Å². The summed E-state index contributed by atoms with van der Waals surface area (Å²) in [6, 6.07) is 37.2.